The monoisotopic (exact) mass is 347 g/mol. The van der Waals surface area contributed by atoms with Crippen LogP contribution in [0, 0.1) is 6.92 Å². The predicted molar refractivity (Wildman–Crippen MR) is 88.1 cm³/mol. The lowest BCUT2D eigenvalue weighted by Gasteiger charge is -2.08. The second kappa shape index (κ2) is 7.90. The van der Waals surface area contributed by atoms with Crippen LogP contribution in [0.2, 0.25) is 0 Å². The molecule has 0 atom stereocenters. The molecule has 21 heavy (non-hydrogen) atoms. The third kappa shape index (κ3) is 5.28. The minimum absolute atomic E-state index is 0.0129. The van der Waals surface area contributed by atoms with E-state index in [1.807, 2.05) is 37.3 Å². The summed E-state index contributed by atoms with van der Waals surface area (Å²) in [5, 5.41) is 6.14. The normalized spacial score (nSPS) is 10.4. The van der Waals surface area contributed by atoms with Gasteiger partial charge in [0.25, 0.3) is 0 Å². The fraction of sp³-hybridized carbons (Fsp3) is 0.250. The topological polar surface area (TPSA) is 54.0 Å². The molecule has 1 heterocycles. The molecule has 1 aromatic carbocycles. The Hall–Kier alpha value is -1.72. The molecule has 0 radical (unpaired) electrons. The van der Waals surface area contributed by atoms with Crippen LogP contribution in [0.1, 0.15) is 17.5 Å². The Bertz CT molecular complexity index is 602. The highest BCUT2D eigenvalue weighted by Crippen LogP contribution is 2.19. The summed E-state index contributed by atoms with van der Waals surface area (Å²) >= 11 is 3.44. The SMILES string of the molecule is Cc1cc(NC(=O)CCNCc2ccncc2)ccc1Br. The minimum atomic E-state index is 0.0129. The fourth-order valence-electron chi connectivity index (χ4n) is 1.88. The summed E-state index contributed by atoms with van der Waals surface area (Å²) in [7, 11) is 0. The molecule has 2 rings (SSSR count). The summed E-state index contributed by atoms with van der Waals surface area (Å²) in [4.78, 5) is 15.8. The van der Waals surface area contributed by atoms with E-state index in [0.717, 1.165) is 27.8 Å². The van der Waals surface area contributed by atoms with Crippen molar-refractivity contribution in [2.75, 3.05) is 11.9 Å². The lowest BCUT2D eigenvalue weighted by atomic mass is 10.2. The maximum absolute atomic E-state index is 11.8. The average molecular weight is 348 g/mol. The van der Waals surface area contributed by atoms with E-state index in [4.69, 9.17) is 0 Å². The summed E-state index contributed by atoms with van der Waals surface area (Å²) < 4.78 is 1.04. The van der Waals surface area contributed by atoms with Crippen LogP contribution in [0.15, 0.2) is 47.2 Å². The Morgan fingerprint density at radius 2 is 2.00 bits per heavy atom. The minimum Gasteiger partial charge on any atom is -0.326 e. The maximum Gasteiger partial charge on any atom is 0.225 e. The molecule has 0 bridgehead atoms. The Morgan fingerprint density at radius 3 is 2.71 bits per heavy atom. The zero-order chi connectivity index (χ0) is 15.1. The number of nitrogens with zero attached hydrogens (tertiary/aromatic N) is 1. The van der Waals surface area contributed by atoms with Gasteiger partial charge in [0.1, 0.15) is 0 Å². The predicted octanol–water partition coefficient (Wildman–Crippen LogP) is 3.27. The van der Waals surface area contributed by atoms with Gasteiger partial charge in [0.05, 0.1) is 0 Å². The largest absolute Gasteiger partial charge is 0.326 e. The second-order valence-electron chi connectivity index (χ2n) is 4.79. The van der Waals surface area contributed by atoms with Crippen molar-refractivity contribution in [2.24, 2.45) is 0 Å². The first-order valence-electron chi connectivity index (χ1n) is 6.81. The van der Waals surface area contributed by atoms with Gasteiger partial charge in [-0.2, -0.15) is 0 Å². The molecule has 0 fully saturated rings. The summed E-state index contributed by atoms with van der Waals surface area (Å²) in [6, 6.07) is 9.69. The van der Waals surface area contributed by atoms with Crippen molar-refractivity contribution in [3.63, 3.8) is 0 Å². The zero-order valence-electron chi connectivity index (χ0n) is 11.9. The Kier molecular flexibility index (Phi) is 5.90. The van der Waals surface area contributed by atoms with Crippen molar-refractivity contribution < 1.29 is 4.79 Å². The summed E-state index contributed by atoms with van der Waals surface area (Å²) in [5.41, 5.74) is 3.09. The first-order chi connectivity index (χ1) is 10.1. The van der Waals surface area contributed by atoms with Gasteiger partial charge in [0.2, 0.25) is 5.91 Å². The molecule has 0 saturated carbocycles. The average Bonchev–Trinajstić information content (AvgIpc) is 2.49. The number of carbonyl (C=O) groups excluding carboxylic acids is 1. The van der Waals surface area contributed by atoms with Crippen LogP contribution in [0.4, 0.5) is 5.69 Å². The highest BCUT2D eigenvalue weighted by atomic mass is 79.9. The van der Waals surface area contributed by atoms with Crippen LogP contribution >= 0.6 is 15.9 Å². The van der Waals surface area contributed by atoms with Crippen molar-refractivity contribution in [3.05, 3.63) is 58.3 Å². The van der Waals surface area contributed by atoms with E-state index in [9.17, 15) is 4.79 Å². The molecule has 1 aromatic heterocycles. The fourth-order valence-corrected chi connectivity index (χ4v) is 2.13. The number of nitrogens with one attached hydrogen (secondary N) is 2. The van der Waals surface area contributed by atoms with Crippen molar-refractivity contribution in [1.29, 1.82) is 0 Å². The molecule has 0 unspecified atom stereocenters. The number of hydrogen-bond acceptors (Lipinski definition) is 3. The van der Waals surface area contributed by atoms with Crippen molar-refractivity contribution in [3.8, 4) is 0 Å². The van der Waals surface area contributed by atoms with Crippen molar-refractivity contribution in [2.45, 2.75) is 19.9 Å². The lowest BCUT2D eigenvalue weighted by molar-refractivity contribution is -0.116. The van der Waals surface area contributed by atoms with Gasteiger partial charge < -0.3 is 10.6 Å². The standard InChI is InChI=1S/C16H18BrN3O/c1-12-10-14(2-3-15(12)17)20-16(21)6-9-19-11-13-4-7-18-8-5-13/h2-5,7-8,10,19H,6,9,11H2,1H3,(H,20,21). The van der Waals surface area contributed by atoms with Gasteiger partial charge in [0, 0.05) is 42.1 Å². The maximum atomic E-state index is 11.8. The van der Waals surface area contributed by atoms with E-state index < -0.39 is 0 Å². The van der Waals surface area contributed by atoms with Gasteiger partial charge in [-0.05, 0) is 48.4 Å². The highest BCUT2D eigenvalue weighted by Gasteiger charge is 2.03. The molecule has 5 heteroatoms. The molecule has 0 spiro atoms. The summed E-state index contributed by atoms with van der Waals surface area (Å²) in [5.74, 6) is 0.0129. The Morgan fingerprint density at radius 1 is 1.24 bits per heavy atom. The van der Waals surface area contributed by atoms with Crippen LogP contribution in [-0.4, -0.2) is 17.4 Å². The number of carbonyl (C=O) groups is 1. The molecule has 2 N–H and O–H groups in total. The Labute approximate surface area is 133 Å². The summed E-state index contributed by atoms with van der Waals surface area (Å²) in [6.45, 7) is 3.38. The molecule has 0 aliphatic rings. The quantitative estimate of drug-likeness (QED) is 0.788. The number of aryl methyl sites for hydroxylation is 1. The molecule has 4 nitrogen and oxygen atoms in total. The van der Waals surface area contributed by atoms with E-state index in [2.05, 4.69) is 31.5 Å². The Balaban J connectivity index is 1.71. The van der Waals surface area contributed by atoms with Gasteiger partial charge >= 0.3 is 0 Å². The van der Waals surface area contributed by atoms with E-state index in [1.165, 1.54) is 0 Å². The molecule has 0 saturated heterocycles. The number of amides is 1. The van der Waals surface area contributed by atoms with E-state index >= 15 is 0 Å². The van der Waals surface area contributed by atoms with Crippen LogP contribution in [0.5, 0.6) is 0 Å². The molecule has 2 aromatic rings. The van der Waals surface area contributed by atoms with E-state index in [-0.39, 0.29) is 5.91 Å². The second-order valence-corrected chi connectivity index (χ2v) is 5.65. The number of halogens is 1. The number of pyridine rings is 1. The van der Waals surface area contributed by atoms with Crippen molar-refractivity contribution in [1.82, 2.24) is 10.3 Å². The third-order valence-corrected chi connectivity index (χ3v) is 3.94. The van der Waals surface area contributed by atoms with Crippen LogP contribution < -0.4 is 10.6 Å². The molecular formula is C16H18BrN3O. The molecule has 110 valence electrons. The van der Waals surface area contributed by atoms with Crippen molar-refractivity contribution >= 4 is 27.5 Å². The third-order valence-electron chi connectivity index (χ3n) is 3.05. The van der Waals surface area contributed by atoms with Crippen LogP contribution in [-0.2, 0) is 11.3 Å². The summed E-state index contributed by atoms with van der Waals surface area (Å²) in [6.07, 6.45) is 3.97. The van der Waals surface area contributed by atoms with Gasteiger partial charge in [-0.1, -0.05) is 15.9 Å². The van der Waals surface area contributed by atoms with Gasteiger partial charge in [-0.25, -0.2) is 0 Å². The number of hydrogen-bond donors (Lipinski definition) is 2. The number of aromatic nitrogens is 1. The number of benzene rings is 1. The first-order valence-corrected chi connectivity index (χ1v) is 7.60. The van der Waals surface area contributed by atoms with Crippen LogP contribution in [0.3, 0.4) is 0 Å². The lowest BCUT2D eigenvalue weighted by Crippen LogP contribution is -2.21. The molecule has 0 aliphatic heterocycles. The zero-order valence-corrected chi connectivity index (χ0v) is 13.5. The van der Waals surface area contributed by atoms with E-state index in [1.54, 1.807) is 12.4 Å². The van der Waals surface area contributed by atoms with Gasteiger partial charge in [-0.15, -0.1) is 0 Å². The molecule has 1 amide bonds. The first kappa shape index (κ1) is 15.7. The molecular weight excluding hydrogens is 330 g/mol. The van der Waals surface area contributed by atoms with Gasteiger partial charge in [-0.3, -0.25) is 9.78 Å². The molecule has 0 aliphatic carbocycles. The number of rotatable bonds is 6. The highest BCUT2D eigenvalue weighted by molar-refractivity contribution is 9.10. The number of anilines is 1. The smallest absolute Gasteiger partial charge is 0.225 e. The van der Waals surface area contributed by atoms with Crippen LogP contribution in [0.25, 0.3) is 0 Å². The van der Waals surface area contributed by atoms with Gasteiger partial charge in [0.15, 0.2) is 0 Å². The van der Waals surface area contributed by atoms with E-state index in [0.29, 0.717) is 13.0 Å².